The van der Waals surface area contributed by atoms with Crippen molar-refractivity contribution >= 4 is 11.0 Å². The van der Waals surface area contributed by atoms with Gasteiger partial charge >= 0.3 is 0 Å². The third kappa shape index (κ3) is 2.07. The molecule has 0 atom stereocenters. The molecule has 0 spiro atoms. The van der Waals surface area contributed by atoms with Gasteiger partial charge in [-0.25, -0.2) is 4.98 Å². The molecule has 0 radical (unpaired) electrons. The summed E-state index contributed by atoms with van der Waals surface area (Å²) in [7, 11) is 0. The molecule has 0 saturated heterocycles. The lowest BCUT2D eigenvalue weighted by molar-refractivity contribution is 0.405. The number of H-pyrrole nitrogens is 1. The number of aryl methyl sites for hydroxylation is 1. The van der Waals surface area contributed by atoms with E-state index in [0.29, 0.717) is 5.92 Å². The van der Waals surface area contributed by atoms with Crippen molar-refractivity contribution in [2.45, 2.75) is 38.0 Å². The lowest BCUT2D eigenvalue weighted by Crippen LogP contribution is -2.10. The molecular formula is C14H19N3. The summed E-state index contributed by atoms with van der Waals surface area (Å²) in [6.45, 7) is 0.758. The van der Waals surface area contributed by atoms with E-state index in [1.165, 1.54) is 36.2 Å². The normalized spacial score (nSPS) is 16.3. The van der Waals surface area contributed by atoms with E-state index in [1.54, 1.807) is 0 Å². The Bertz CT molecular complexity index is 511. The van der Waals surface area contributed by atoms with Gasteiger partial charge in [0.05, 0.1) is 11.0 Å². The smallest absolute Gasteiger partial charge is 0.110 e. The predicted octanol–water partition coefficient (Wildman–Crippen LogP) is 2.72. The summed E-state index contributed by atoms with van der Waals surface area (Å²) >= 11 is 0. The topological polar surface area (TPSA) is 54.7 Å². The highest BCUT2D eigenvalue weighted by molar-refractivity contribution is 5.76. The molecule has 1 aliphatic rings. The fraction of sp³-hybridized carbons (Fsp3) is 0.500. The molecule has 0 bridgehead atoms. The van der Waals surface area contributed by atoms with E-state index < -0.39 is 0 Å². The number of aromatic nitrogens is 2. The van der Waals surface area contributed by atoms with E-state index in [-0.39, 0.29) is 0 Å². The zero-order valence-corrected chi connectivity index (χ0v) is 10.1. The highest BCUT2D eigenvalue weighted by Crippen LogP contribution is 2.35. The van der Waals surface area contributed by atoms with Gasteiger partial charge < -0.3 is 10.7 Å². The van der Waals surface area contributed by atoms with Gasteiger partial charge in [-0.3, -0.25) is 0 Å². The fourth-order valence-corrected chi connectivity index (χ4v) is 2.41. The molecule has 1 fully saturated rings. The molecule has 3 N–H and O–H groups in total. The highest BCUT2D eigenvalue weighted by atomic mass is 14.9. The van der Waals surface area contributed by atoms with E-state index in [9.17, 15) is 0 Å². The number of fused-ring (bicyclic) bond motifs is 1. The van der Waals surface area contributed by atoms with Crippen LogP contribution >= 0.6 is 0 Å². The molecule has 0 aliphatic heterocycles. The summed E-state index contributed by atoms with van der Waals surface area (Å²) in [6, 6.07) is 6.52. The Morgan fingerprint density at radius 3 is 2.94 bits per heavy atom. The molecule has 3 heteroatoms. The maximum Gasteiger partial charge on any atom is 0.110 e. The highest BCUT2D eigenvalue weighted by Gasteiger charge is 2.22. The molecule has 1 heterocycles. The molecule has 1 aromatic heterocycles. The minimum absolute atomic E-state index is 0.676. The number of imidazole rings is 1. The Morgan fingerprint density at radius 1 is 1.35 bits per heavy atom. The maximum absolute atomic E-state index is 5.54. The molecular weight excluding hydrogens is 210 g/mol. The first-order chi connectivity index (χ1) is 8.36. The summed E-state index contributed by atoms with van der Waals surface area (Å²) in [5.41, 5.74) is 9.17. The summed E-state index contributed by atoms with van der Waals surface area (Å²) in [5.74, 6) is 1.86. The zero-order valence-electron chi connectivity index (χ0n) is 10.1. The van der Waals surface area contributed by atoms with Gasteiger partial charge in [-0.15, -0.1) is 0 Å². The SMILES string of the molecule is NCCCc1ccc2nc(C3CCC3)[nH]c2c1. The summed E-state index contributed by atoms with van der Waals surface area (Å²) in [4.78, 5) is 8.15. The summed E-state index contributed by atoms with van der Waals surface area (Å²) in [5, 5.41) is 0. The molecule has 2 aromatic rings. The number of benzene rings is 1. The lowest BCUT2D eigenvalue weighted by atomic mass is 9.85. The van der Waals surface area contributed by atoms with Gasteiger partial charge in [-0.2, -0.15) is 0 Å². The van der Waals surface area contributed by atoms with E-state index in [1.807, 2.05) is 0 Å². The van der Waals surface area contributed by atoms with Gasteiger partial charge in [0.25, 0.3) is 0 Å². The van der Waals surface area contributed by atoms with Crippen LogP contribution in [-0.4, -0.2) is 16.5 Å². The Hall–Kier alpha value is -1.35. The summed E-state index contributed by atoms with van der Waals surface area (Å²) < 4.78 is 0. The molecule has 90 valence electrons. The van der Waals surface area contributed by atoms with Crippen LogP contribution < -0.4 is 5.73 Å². The molecule has 17 heavy (non-hydrogen) atoms. The molecule has 0 amide bonds. The van der Waals surface area contributed by atoms with Gasteiger partial charge in [0.15, 0.2) is 0 Å². The van der Waals surface area contributed by atoms with E-state index in [4.69, 9.17) is 5.73 Å². The first-order valence-electron chi connectivity index (χ1n) is 6.55. The van der Waals surface area contributed by atoms with Crippen molar-refractivity contribution < 1.29 is 0 Å². The van der Waals surface area contributed by atoms with E-state index in [0.717, 1.165) is 24.9 Å². The van der Waals surface area contributed by atoms with Crippen molar-refractivity contribution in [1.82, 2.24) is 9.97 Å². The van der Waals surface area contributed by atoms with Gasteiger partial charge in [0, 0.05) is 5.92 Å². The average Bonchev–Trinajstić information content (AvgIpc) is 2.66. The number of nitrogens with one attached hydrogen (secondary N) is 1. The molecule has 3 nitrogen and oxygen atoms in total. The number of rotatable bonds is 4. The van der Waals surface area contributed by atoms with Gasteiger partial charge in [0.1, 0.15) is 5.82 Å². The van der Waals surface area contributed by atoms with Crippen molar-refractivity contribution in [3.63, 3.8) is 0 Å². The second-order valence-electron chi connectivity index (χ2n) is 4.99. The predicted molar refractivity (Wildman–Crippen MR) is 70.1 cm³/mol. The number of aromatic amines is 1. The molecule has 1 saturated carbocycles. The van der Waals surface area contributed by atoms with E-state index in [2.05, 4.69) is 28.2 Å². The first-order valence-corrected chi connectivity index (χ1v) is 6.55. The van der Waals surface area contributed by atoms with Crippen LogP contribution in [0.2, 0.25) is 0 Å². The number of hydrogen-bond donors (Lipinski definition) is 2. The van der Waals surface area contributed by atoms with Gasteiger partial charge in [-0.05, 0) is 49.9 Å². The minimum Gasteiger partial charge on any atom is -0.342 e. The molecule has 3 rings (SSSR count). The van der Waals surface area contributed by atoms with Crippen LogP contribution in [0.25, 0.3) is 11.0 Å². The van der Waals surface area contributed by atoms with Crippen molar-refractivity contribution in [1.29, 1.82) is 0 Å². The quantitative estimate of drug-likeness (QED) is 0.847. The minimum atomic E-state index is 0.676. The molecule has 1 aromatic carbocycles. The number of nitrogens with two attached hydrogens (primary N) is 1. The Kier molecular flexibility index (Phi) is 2.85. The average molecular weight is 229 g/mol. The summed E-state index contributed by atoms with van der Waals surface area (Å²) in [6.07, 6.45) is 6.04. The lowest BCUT2D eigenvalue weighted by Gasteiger charge is -2.22. The monoisotopic (exact) mass is 229 g/mol. The van der Waals surface area contributed by atoms with Crippen molar-refractivity contribution in [3.05, 3.63) is 29.6 Å². The van der Waals surface area contributed by atoms with Crippen molar-refractivity contribution in [2.75, 3.05) is 6.54 Å². The molecule has 1 aliphatic carbocycles. The van der Waals surface area contributed by atoms with Crippen molar-refractivity contribution in [2.24, 2.45) is 5.73 Å². The second kappa shape index (κ2) is 4.49. The van der Waals surface area contributed by atoms with Crippen LogP contribution in [0.4, 0.5) is 0 Å². The fourth-order valence-electron chi connectivity index (χ4n) is 2.41. The Balaban J connectivity index is 1.87. The standard InChI is InChI=1S/C14H19N3/c15-8-2-3-10-6-7-12-13(9-10)17-14(16-12)11-4-1-5-11/h6-7,9,11H,1-5,8,15H2,(H,16,17). The third-order valence-electron chi connectivity index (χ3n) is 3.73. The van der Waals surface area contributed by atoms with Crippen LogP contribution in [0.3, 0.4) is 0 Å². The molecule has 0 unspecified atom stereocenters. The maximum atomic E-state index is 5.54. The van der Waals surface area contributed by atoms with Crippen LogP contribution in [0, 0.1) is 0 Å². The first kappa shape index (κ1) is 10.8. The van der Waals surface area contributed by atoms with Crippen molar-refractivity contribution in [3.8, 4) is 0 Å². The van der Waals surface area contributed by atoms with Crippen LogP contribution in [0.1, 0.15) is 43.0 Å². The third-order valence-corrected chi connectivity index (χ3v) is 3.73. The largest absolute Gasteiger partial charge is 0.342 e. The van der Waals surface area contributed by atoms with Gasteiger partial charge in [-0.1, -0.05) is 12.5 Å². The van der Waals surface area contributed by atoms with Crippen LogP contribution in [0.15, 0.2) is 18.2 Å². The second-order valence-corrected chi connectivity index (χ2v) is 4.99. The van der Waals surface area contributed by atoms with Crippen LogP contribution in [-0.2, 0) is 6.42 Å². The zero-order chi connectivity index (χ0) is 11.7. The Morgan fingerprint density at radius 2 is 2.24 bits per heavy atom. The number of hydrogen-bond acceptors (Lipinski definition) is 2. The van der Waals surface area contributed by atoms with Gasteiger partial charge in [0.2, 0.25) is 0 Å². The number of nitrogens with zero attached hydrogens (tertiary/aromatic N) is 1. The van der Waals surface area contributed by atoms with Crippen LogP contribution in [0.5, 0.6) is 0 Å². The Labute approximate surface area is 101 Å². The van der Waals surface area contributed by atoms with E-state index >= 15 is 0 Å².